The van der Waals surface area contributed by atoms with Gasteiger partial charge in [-0.2, -0.15) is 8.75 Å². The highest BCUT2D eigenvalue weighted by Crippen LogP contribution is 2.33. The van der Waals surface area contributed by atoms with Gasteiger partial charge in [0, 0.05) is 0 Å². The topological polar surface area (TPSA) is 68.0 Å². The zero-order chi connectivity index (χ0) is 15.9. The molecule has 1 aromatic carbocycles. The van der Waals surface area contributed by atoms with E-state index in [-0.39, 0.29) is 22.5 Å². The standard InChI is InChI=1S/C14H11F2N3O2S/c1-7-4-2-3-5-8(7)10-12(20)11-13(18-22-17-11)19(14(10)21)6-9(15)16/h2-5,9,20H,6H2,1H3. The molecule has 0 saturated carbocycles. The molecule has 2 aromatic heterocycles. The maximum atomic E-state index is 12.8. The molecule has 114 valence electrons. The lowest BCUT2D eigenvalue weighted by atomic mass is 10.0. The third-order valence-electron chi connectivity index (χ3n) is 3.38. The molecule has 8 heteroatoms. The molecule has 0 atom stereocenters. The average molecular weight is 323 g/mol. The number of halogens is 2. The van der Waals surface area contributed by atoms with E-state index in [9.17, 15) is 18.7 Å². The van der Waals surface area contributed by atoms with Gasteiger partial charge >= 0.3 is 0 Å². The van der Waals surface area contributed by atoms with Gasteiger partial charge in [-0.1, -0.05) is 24.3 Å². The van der Waals surface area contributed by atoms with Crippen molar-refractivity contribution in [2.24, 2.45) is 0 Å². The number of rotatable bonds is 3. The van der Waals surface area contributed by atoms with Crippen LogP contribution in [-0.2, 0) is 6.54 Å². The molecule has 0 bridgehead atoms. The van der Waals surface area contributed by atoms with Crippen LogP contribution in [0.25, 0.3) is 22.3 Å². The Morgan fingerprint density at radius 1 is 1.32 bits per heavy atom. The molecule has 22 heavy (non-hydrogen) atoms. The first kappa shape index (κ1) is 14.6. The Kier molecular flexibility index (Phi) is 3.61. The third-order valence-corrected chi connectivity index (χ3v) is 3.90. The fraction of sp³-hybridized carbons (Fsp3) is 0.214. The van der Waals surface area contributed by atoms with E-state index in [1.807, 2.05) is 0 Å². The Hall–Kier alpha value is -2.35. The van der Waals surface area contributed by atoms with E-state index >= 15 is 0 Å². The second kappa shape index (κ2) is 5.45. The summed E-state index contributed by atoms with van der Waals surface area (Å²) < 4.78 is 34.2. The summed E-state index contributed by atoms with van der Waals surface area (Å²) in [7, 11) is 0. The van der Waals surface area contributed by atoms with Crippen LogP contribution in [0.3, 0.4) is 0 Å². The summed E-state index contributed by atoms with van der Waals surface area (Å²) in [4.78, 5) is 12.6. The van der Waals surface area contributed by atoms with Gasteiger partial charge in [0.15, 0.2) is 16.9 Å². The fourth-order valence-corrected chi connectivity index (χ4v) is 2.92. The maximum Gasteiger partial charge on any atom is 0.264 e. The van der Waals surface area contributed by atoms with Crippen LogP contribution >= 0.6 is 11.7 Å². The van der Waals surface area contributed by atoms with E-state index in [1.54, 1.807) is 31.2 Å². The highest BCUT2D eigenvalue weighted by Gasteiger charge is 2.23. The highest BCUT2D eigenvalue weighted by molar-refractivity contribution is 7.00. The maximum absolute atomic E-state index is 12.8. The van der Waals surface area contributed by atoms with Crippen LogP contribution in [0.15, 0.2) is 29.1 Å². The molecule has 1 N–H and O–H groups in total. The number of nitrogens with zero attached hydrogens (tertiary/aromatic N) is 3. The molecular weight excluding hydrogens is 312 g/mol. The molecular formula is C14H11F2N3O2S. The Bertz CT molecular complexity index is 905. The second-order valence-electron chi connectivity index (χ2n) is 4.78. The van der Waals surface area contributed by atoms with Crippen LogP contribution in [0.1, 0.15) is 5.56 Å². The van der Waals surface area contributed by atoms with Crippen LogP contribution in [-0.4, -0.2) is 24.8 Å². The van der Waals surface area contributed by atoms with Crippen molar-refractivity contribution >= 4 is 22.9 Å². The Morgan fingerprint density at radius 3 is 2.73 bits per heavy atom. The molecule has 3 aromatic rings. The lowest BCUT2D eigenvalue weighted by molar-refractivity contribution is 0.126. The van der Waals surface area contributed by atoms with E-state index in [2.05, 4.69) is 8.75 Å². The molecule has 0 fully saturated rings. The summed E-state index contributed by atoms with van der Waals surface area (Å²) >= 11 is 0.760. The van der Waals surface area contributed by atoms with Gasteiger partial charge in [0.25, 0.3) is 12.0 Å². The molecule has 5 nitrogen and oxygen atoms in total. The molecule has 0 spiro atoms. The average Bonchev–Trinajstić information content (AvgIpc) is 2.95. The Balaban J connectivity index is 2.40. The van der Waals surface area contributed by atoms with Crippen molar-refractivity contribution in [3.8, 4) is 16.9 Å². The van der Waals surface area contributed by atoms with Crippen LogP contribution in [0, 0.1) is 6.92 Å². The SMILES string of the molecule is Cc1ccccc1-c1c(O)c2nsnc2n(CC(F)F)c1=O. The largest absolute Gasteiger partial charge is 0.505 e. The summed E-state index contributed by atoms with van der Waals surface area (Å²) in [5.41, 5.74) is 0.545. The van der Waals surface area contributed by atoms with Crippen LogP contribution < -0.4 is 5.56 Å². The molecule has 0 amide bonds. The Labute approximate surface area is 127 Å². The zero-order valence-corrected chi connectivity index (χ0v) is 12.3. The number of aromatic nitrogens is 3. The molecule has 0 unspecified atom stereocenters. The van der Waals surface area contributed by atoms with Crippen molar-refractivity contribution in [3.63, 3.8) is 0 Å². The molecule has 2 heterocycles. The van der Waals surface area contributed by atoms with E-state index in [0.29, 0.717) is 5.56 Å². The first-order valence-electron chi connectivity index (χ1n) is 6.43. The predicted molar refractivity (Wildman–Crippen MR) is 79.5 cm³/mol. The van der Waals surface area contributed by atoms with Gasteiger partial charge in [0.2, 0.25) is 0 Å². The van der Waals surface area contributed by atoms with Crippen molar-refractivity contribution < 1.29 is 13.9 Å². The zero-order valence-electron chi connectivity index (χ0n) is 11.5. The van der Waals surface area contributed by atoms with Crippen molar-refractivity contribution in [2.45, 2.75) is 19.9 Å². The molecule has 0 aliphatic carbocycles. The number of hydrogen-bond donors (Lipinski definition) is 1. The Morgan fingerprint density at radius 2 is 2.05 bits per heavy atom. The molecule has 3 rings (SSSR count). The smallest absolute Gasteiger partial charge is 0.264 e. The van der Waals surface area contributed by atoms with E-state index < -0.39 is 18.5 Å². The van der Waals surface area contributed by atoms with Gasteiger partial charge in [-0.05, 0) is 18.1 Å². The normalized spacial score (nSPS) is 11.5. The van der Waals surface area contributed by atoms with Crippen LogP contribution in [0.5, 0.6) is 5.75 Å². The van der Waals surface area contributed by atoms with Crippen molar-refractivity contribution in [3.05, 3.63) is 40.2 Å². The van der Waals surface area contributed by atoms with Gasteiger partial charge in [-0.3, -0.25) is 9.36 Å². The number of fused-ring (bicyclic) bond motifs is 1. The fourth-order valence-electron chi connectivity index (χ4n) is 2.36. The lowest BCUT2D eigenvalue weighted by Crippen LogP contribution is -2.25. The van der Waals surface area contributed by atoms with Crippen LogP contribution in [0.4, 0.5) is 8.78 Å². The summed E-state index contributed by atoms with van der Waals surface area (Å²) in [5.74, 6) is -0.325. The van der Waals surface area contributed by atoms with Gasteiger partial charge in [-0.25, -0.2) is 8.78 Å². The summed E-state index contributed by atoms with van der Waals surface area (Å²) in [6.45, 7) is 0.981. The minimum absolute atomic E-state index is 0.0230. The van der Waals surface area contributed by atoms with Crippen LogP contribution in [0.2, 0.25) is 0 Å². The molecule has 0 radical (unpaired) electrons. The van der Waals surface area contributed by atoms with Crippen molar-refractivity contribution in [2.75, 3.05) is 0 Å². The number of alkyl halides is 2. The van der Waals surface area contributed by atoms with E-state index in [0.717, 1.165) is 21.9 Å². The minimum Gasteiger partial charge on any atom is -0.505 e. The number of aromatic hydroxyl groups is 1. The lowest BCUT2D eigenvalue weighted by Gasteiger charge is -2.12. The number of aryl methyl sites for hydroxylation is 1. The predicted octanol–water partition coefficient (Wildman–Crippen LogP) is 2.80. The molecule has 0 aliphatic rings. The summed E-state index contributed by atoms with van der Waals surface area (Å²) in [6.07, 6.45) is -2.71. The number of pyridine rings is 1. The van der Waals surface area contributed by atoms with Gasteiger partial charge in [-0.15, -0.1) is 0 Å². The molecule has 0 aliphatic heterocycles. The molecule has 0 saturated heterocycles. The van der Waals surface area contributed by atoms with Crippen molar-refractivity contribution in [1.29, 1.82) is 0 Å². The van der Waals surface area contributed by atoms with E-state index in [1.165, 1.54) is 0 Å². The van der Waals surface area contributed by atoms with Crippen molar-refractivity contribution in [1.82, 2.24) is 13.3 Å². The third kappa shape index (κ3) is 2.25. The van der Waals surface area contributed by atoms with Gasteiger partial charge < -0.3 is 5.11 Å². The highest BCUT2D eigenvalue weighted by atomic mass is 32.1. The first-order chi connectivity index (χ1) is 10.5. The second-order valence-corrected chi connectivity index (χ2v) is 5.31. The summed E-state index contributed by atoms with van der Waals surface area (Å²) in [6, 6.07) is 6.93. The number of hydrogen-bond acceptors (Lipinski definition) is 5. The summed E-state index contributed by atoms with van der Waals surface area (Å²) in [5, 5.41) is 10.4. The monoisotopic (exact) mass is 323 g/mol. The van der Waals surface area contributed by atoms with Gasteiger partial charge in [0.1, 0.15) is 0 Å². The quantitative estimate of drug-likeness (QED) is 0.805. The number of benzene rings is 1. The van der Waals surface area contributed by atoms with Gasteiger partial charge in [0.05, 0.1) is 23.8 Å². The van der Waals surface area contributed by atoms with E-state index in [4.69, 9.17) is 0 Å². The minimum atomic E-state index is -2.71. The first-order valence-corrected chi connectivity index (χ1v) is 7.16.